The van der Waals surface area contributed by atoms with Crippen molar-refractivity contribution >= 4 is 16.6 Å². The standard InChI is InChI=1S/C23H24N4O/c1-2-26-12-14-27(15-13-26)23-21-6-4-3-5-19(21)17-22(25-23)18-7-9-20(10-8-18)28-16-11-24/h3-10,17H,2,12-16H2,1H3. The summed E-state index contributed by atoms with van der Waals surface area (Å²) in [5.41, 5.74) is 2.00. The molecule has 0 bridgehead atoms. The van der Waals surface area contributed by atoms with Crippen LogP contribution in [0.3, 0.4) is 0 Å². The van der Waals surface area contributed by atoms with Gasteiger partial charge in [-0.2, -0.15) is 5.26 Å². The van der Waals surface area contributed by atoms with E-state index >= 15 is 0 Å². The number of piperazine rings is 1. The molecule has 5 heteroatoms. The molecule has 2 aromatic carbocycles. The van der Waals surface area contributed by atoms with Crippen molar-refractivity contribution in [1.29, 1.82) is 5.26 Å². The molecular weight excluding hydrogens is 348 g/mol. The topological polar surface area (TPSA) is 52.4 Å². The highest BCUT2D eigenvalue weighted by molar-refractivity contribution is 5.95. The molecule has 0 spiro atoms. The summed E-state index contributed by atoms with van der Waals surface area (Å²) >= 11 is 0. The fourth-order valence-electron chi connectivity index (χ4n) is 3.68. The number of anilines is 1. The van der Waals surface area contributed by atoms with Crippen LogP contribution in [0.4, 0.5) is 5.82 Å². The molecule has 28 heavy (non-hydrogen) atoms. The van der Waals surface area contributed by atoms with Gasteiger partial charge in [-0.1, -0.05) is 31.2 Å². The van der Waals surface area contributed by atoms with Gasteiger partial charge in [-0.3, -0.25) is 0 Å². The first kappa shape index (κ1) is 18.3. The van der Waals surface area contributed by atoms with Crippen LogP contribution < -0.4 is 9.64 Å². The lowest BCUT2D eigenvalue weighted by molar-refractivity contribution is 0.271. The highest BCUT2D eigenvalue weighted by Gasteiger charge is 2.19. The van der Waals surface area contributed by atoms with Gasteiger partial charge in [0.2, 0.25) is 0 Å². The Kier molecular flexibility index (Phi) is 5.41. The van der Waals surface area contributed by atoms with Crippen LogP contribution in [-0.4, -0.2) is 49.2 Å². The van der Waals surface area contributed by atoms with E-state index in [9.17, 15) is 0 Å². The fourth-order valence-corrected chi connectivity index (χ4v) is 3.68. The molecule has 1 aromatic heterocycles. The van der Waals surface area contributed by atoms with E-state index in [1.807, 2.05) is 30.3 Å². The largest absolute Gasteiger partial charge is 0.479 e. The van der Waals surface area contributed by atoms with Crippen LogP contribution >= 0.6 is 0 Å². The smallest absolute Gasteiger partial charge is 0.174 e. The molecule has 1 aliphatic heterocycles. The van der Waals surface area contributed by atoms with Crippen LogP contribution in [0.25, 0.3) is 22.0 Å². The minimum atomic E-state index is 0.0570. The maximum absolute atomic E-state index is 8.65. The molecular formula is C23H24N4O. The van der Waals surface area contributed by atoms with E-state index in [1.54, 1.807) is 0 Å². The van der Waals surface area contributed by atoms with E-state index in [0.717, 1.165) is 49.8 Å². The minimum absolute atomic E-state index is 0.0570. The van der Waals surface area contributed by atoms with Crippen molar-refractivity contribution < 1.29 is 4.74 Å². The second-order valence-corrected chi connectivity index (χ2v) is 6.94. The molecule has 0 atom stereocenters. The van der Waals surface area contributed by atoms with Crippen molar-refractivity contribution in [3.8, 4) is 23.1 Å². The van der Waals surface area contributed by atoms with Crippen molar-refractivity contribution in [2.45, 2.75) is 6.92 Å². The lowest BCUT2D eigenvalue weighted by Crippen LogP contribution is -2.46. The van der Waals surface area contributed by atoms with Crippen LogP contribution in [-0.2, 0) is 0 Å². The molecule has 1 aliphatic rings. The summed E-state index contributed by atoms with van der Waals surface area (Å²) in [6.07, 6.45) is 0. The molecule has 0 unspecified atom stereocenters. The number of likely N-dealkylation sites (N-methyl/N-ethyl adjacent to an activating group) is 1. The molecule has 1 saturated heterocycles. The van der Waals surface area contributed by atoms with Crippen molar-refractivity contribution in [3.05, 3.63) is 54.6 Å². The summed E-state index contributed by atoms with van der Waals surface area (Å²) in [6.45, 7) is 7.51. The van der Waals surface area contributed by atoms with Gasteiger partial charge in [-0.05, 0) is 42.3 Å². The summed E-state index contributed by atoms with van der Waals surface area (Å²) in [5, 5.41) is 11.1. The number of rotatable bonds is 5. The molecule has 3 aromatic rings. The number of pyridine rings is 1. The van der Waals surface area contributed by atoms with Crippen molar-refractivity contribution in [2.24, 2.45) is 0 Å². The van der Waals surface area contributed by atoms with Crippen LogP contribution in [0.15, 0.2) is 54.6 Å². The number of hydrogen-bond acceptors (Lipinski definition) is 5. The zero-order valence-corrected chi connectivity index (χ0v) is 16.1. The van der Waals surface area contributed by atoms with Crippen molar-refractivity contribution in [2.75, 3.05) is 44.2 Å². The average molecular weight is 372 g/mol. The van der Waals surface area contributed by atoms with Crippen LogP contribution in [0.1, 0.15) is 6.92 Å². The SMILES string of the molecule is CCN1CCN(c2nc(-c3ccc(OCC#N)cc3)cc3ccccc23)CC1. The van der Waals surface area contributed by atoms with Crippen LogP contribution in [0.2, 0.25) is 0 Å². The minimum Gasteiger partial charge on any atom is -0.479 e. The Morgan fingerprint density at radius 2 is 1.79 bits per heavy atom. The van der Waals surface area contributed by atoms with E-state index in [4.69, 9.17) is 15.0 Å². The third-order valence-corrected chi connectivity index (χ3v) is 5.29. The third-order valence-electron chi connectivity index (χ3n) is 5.29. The lowest BCUT2D eigenvalue weighted by Gasteiger charge is -2.35. The molecule has 0 aliphatic carbocycles. The van der Waals surface area contributed by atoms with Gasteiger partial charge in [0.05, 0.1) is 5.69 Å². The normalized spacial score (nSPS) is 14.8. The molecule has 0 saturated carbocycles. The highest BCUT2D eigenvalue weighted by atomic mass is 16.5. The summed E-state index contributed by atoms with van der Waals surface area (Å²) in [5.74, 6) is 1.76. The molecule has 0 amide bonds. The average Bonchev–Trinajstić information content (AvgIpc) is 2.77. The quantitative estimate of drug-likeness (QED) is 0.679. The maximum atomic E-state index is 8.65. The van der Waals surface area contributed by atoms with Crippen molar-refractivity contribution in [3.63, 3.8) is 0 Å². The monoisotopic (exact) mass is 372 g/mol. The Morgan fingerprint density at radius 1 is 1.04 bits per heavy atom. The number of benzene rings is 2. The fraction of sp³-hybridized carbons (Fsp3) is 0.304. The first-order valence-corrected chi connectivity index (χ1v) is 9.76. The molecule has 1 fully saturated rings. The van der Waals surface area contributed by atoms with Gasteiger partial charge in [0.15, 0.2) is 6.61 Å². The Labute approximate surface area is 165 Å². The Balaban J connectivity index is 1.69. The first-order valence-electron chi connectivity index (χ1n) is 9.76. The maximum Gasteiger partial charge on any atom is 0.174 e. The van der Waals surface area contributed by atoms with Gasteiger partial charge in [0.25, 0.3) is 0 Å². The van der Waals surface area contributed by atoms with E-state index in [0.29, 0.717) is 5.75 Å². The number of ether oxygens (including phenoxy) is 1. The number of aromatic nitrogens is 1. The summed E-state index contributed by atoms with van der Waals surface area (Å²) in [7, 11) is 0. The van der Waals surface area contributed by atoms with Gasteiger partial charge >= 0.3 is 0 Å². The van der Waals surface area contributed by atoms with Gasteiger partial charge in [-0.25, -0.2) is 4.98 Å². The predicted octanol–water partition coefficient (Wildman–Crippen LogP) is 3.95. The third kappa shape index (κ3) is 3.78. The molecule has 0 N–H and O–H groups in total. The molecule has 2 heterocycles. The first-order chi connectivity index (χ1) is 13.8. The van der Waals surface area contributed by atoms with Gasteiger partial charge in [-0.15, -0.1) is 0 Å². The number of nitriles is 1. The van der Waals surface area contributed by atoms with Gasteiger partial charge < -0.3 is 14.5 Å². The highest BCUT2D eigenvalue weighted by Crippen LogP contribution is 2.31. The summed E-state index contributed by atoms with van der Waals surface area (Å²) < 4.78 is 5.36. The van der Waals surface area contributed by atoms with E-state index in [1.165, 1.54) is 10.8 Å². The number of fused-ring (bicyclic) bond motifs is 1. The molecule has 142 valence electrons. The summed E-state index contributed by atoms with van der Waals surface area (Å²) in [6, 6.07) is 20.4. The predicted molar refractivity (Wildman–Crippen MR) is 113 cm³/mol. The molecule has 0 radical (unpaired) electrons. The molecule has 5 nitrogen and oxygen atoms in total. The van der Waals surface area contributed by atoms with Crippen molar-refractivity contribution in [1.82, 2.24) is 9.88 Å². The number of nitrogens with zero attached hydrogens (tertiary/aromatic N) is 4. The van der Waals surface area contributed by atoms with E-state index in [-0.39, 0.29) is 6.61 Å². The van der Waals surface area contributed by atoms with Gasteiger partial charge in [0.1, 0.15) is 17.6 Å². The Hall–Kier alpha value is -3.10. The number of hydrogen-bond donors (Lipinski definition) is 0. The Bertz CT molecular complexity index is 986. The van der Waals surface area contributed by atoms with Crippen LogP contribution in [0, 0.1) is 11.3 Å². The lowest BCUT2D eigenvalue weighted by atomic mass is 10.1. The molecule has 4 rings (SSSR count). The van der Waals surface area contributed by atoms with E-state index < -0.39 is 0 Å². The second kappa shape index (κ2) is 8.28. The van der Waals surface area contributed by atoms with Gasteiger partial charge in [0, 0.05) is 37.1 Å². The zero-order valence-electron chi connectivity index (χ0n) is 16.1. The summed E-state index contributed by atoms with van der Waals surface area (Å²) in [4.78, 5) is 9.93. The second-order valence-electron chi connectivity index (χ2n) is 6.94. The van der Waals surface area contributed by atoms with E-state index in [2.05, 4.69) is 47.1 Å². The van der Waals surface area contributed by atoms with Crippen LogP contribution in [0.5, 0.6) is 5.75 Å². The zero-order chi connectivity index (χ0) is 19.3. The Morgan fingerprint density at radius 3 is 2.50 bits per heavy atom.